The summed E-state index contributed by atoms with van der Waals surface area (Å²) in [6.07, 6.45) is 2.70. The van der Waals surface area contributed by atoms with E-state index in [0.29, 0.717) is 5.56 Å². The van der Waals surface area contributed by atoms with E-state index in [2.05, 4.69) is 5.10 Å². The van der Waals surface area contributed by atoms with Crippen molar-refractivity contribution in [3.63, 3.8) is 0 Å². The Hall–Kier alpha value is -1.64. The van der Waals surface area contributed by atoms with Gasteiger partial charge in [-0.05, 0) is 24.5 Å². The molecule has 1 aromatic carbocycles. The highest BCUT2D eigenvalue weighted by Gasteiger charge is 2.17. The molecule has 0 amide bonds. The van der Waals surface area contributed by atoms with Gasteiger partial charge in [-0.2, -0.15) is 5.10 Å². The second-order valence-electron chi connectivity index (χ2n) is 3.11. The molecule has 0 fully saturated rings. The van der Waals surface area contributed by atoms with E-state index < -0.39 is 0 Å². The van der Waals surface area contributed by atoms with Crippen LogP contribution in [0, 0.1) is 0 Å². The third kappa shape index (κ3) is 1.22. The first-order chi connectivity index (χ1) is 6.35. The van der Waals surface area contributed by atoms with Gasteiger partial charge in [-0.1, -0.05) is 12.1 Å². The zero-order chi connectivity index (χ0) is 9.26. The Morgan fingerprint density at radius 2 is 2.23 bits per heavy atom. The molecule has 0 unspecified atom stereocenters. The molecule has 0 bridgehead atoms. The summed E-state index contributed by atoms with van der Waals surface area (Å²) in [5.74, 6) is 5.24. The maximum Gasteiger partial charge on any atom is 0.150 e. The largest absolute Gasteiger partial charge is 0.323 e. The first kappa shape index (κ1) is 7.98. The molecule has 0 aromatic heterocycles. The molecular formula is C10H10N2O. The van der Waals surface area contributed by atoms with E-state index in [1.165, 1.54) is 5.56 Å². The molecule has 3 nitrogen and oxygen atoms in total. The van der Waals surface area contributed by atoms with Crippen molar-refractivity contribution < 1.29 is 4.79 Å². The average Bonchev–Trinajstić information content (AvgIpc) is 2.59. The molecule has 0 saturated carbocycles. The molecular weight excluding hydrogens is 164 g/mol. The van der Waals surface area contributed by atoms with Gasteiger partial charge < -0.3 is 5.84 Å². The molecule has 2 N–H and O–H groups in total. The standard InChI is InChI=1S/C10H10N2O/c11-12-10-4-3-8-2-1-7(6-13)5-9(8)10/h1-2,5-6H,3-4,11H2/b12-10-. The molecule has 2 rings (SSSR count). The maximum absolute atomic E-state index is 10.5. The van der Waals surface area contributed by atoms with Crippen molar-refractivity contribution in [2.24, 2.45) is 10.9 Å². The summed E-state index contributed by atoms with van der Waals surface area (Å²) < 4.78 is 0. The number of aryl methyl sites for hydroxylation is 1. The van der Waals surface area contributed by atoms with Crippen LogP contribution in [-0.2, 0) is 6.42 Å². The van der Waals surface area contributed by atoms with E-state index >= 15 is 0 Å². The first-order valence-electron chi connectivity index (χ1n) is 4.20. The van der Waals surface area contributed by atoms with Gasteiger partial charge in [-0.25, -0.2) is 0 Å². The van der Waals surface area contributed by atoms with Gasteiger partial charge in [0.15, 0.2) is 0 Å². The highest BCUT2D eigenvalue weighted by Crippen LogP contribution is 2.22. The number of hydrogen-bond donors (Lipinski definition) is 1. The van der Waals surface area contributed by atoms with E-state index in [0.717, 1.165) is 30.4 Å². The van der Waals surface area contributed by atoms with Crippen LogP contribution in [0.3, 0.4) is 0 Å². The van der Waals surface area contributed by atoms with Crippen LogP contribution in [0.1, 0.15) is 27.9 Å². The SMILES string of the molecule is N/N=C1/CCc2ccc(C=O)cc21. The third-order valence-corrected chi connectivity index (χ3v) is 2.37. The van der Waals surface area contributed by atoms with Crippen molar-refractivity contribution in [2.45, 2.75) is 12.8 Å². The average molecular weight is 174 g/mol. The van der Waals surface area contributed by atoms with Gasteiger partial charge in [-0.3, -0.25) is 4.79 Å². The van der Waals surface area contributed by atoms with Crippen LogP contribution >= 0.6 is 0 Å². The van der Waals surface area contributed by atoms with Crippen LogP contribution < -0.4 is 5.84 Å². The highest BCUT2D eigenvalue weighted by molar-refractivity contribution is 6.05. The third-order valence-electron chi connectivity index (χ3n) is 2.37. The van der Waals surface area contributed by atoms with E-state index in [1.807, 2.05) is 18.2 Å². The Balaban J connectivity index is 2.55. The summed E-state index contributed by atoms with van der Waals surface area (Å²) in [5.41, 5.74) is 3.85. The maximum atomic E-state index is 10.5. The predicted octanol–water partition coefficient (Wildman–Crippen LogP) is 1.11. The lowest BCUT2D eigenvalue weighted by atomic mass is 10.1. The lowest BCUT2D eigenvalue weighted by Crippen LogP contribution is -1.99. The first-order valence-corrected chi connectivity index (χ1v) is 4.20. The Kier molecular flexibility index (Phi) is 1.85. The van der Waals surface area contributed by atoms with E-state index in [-0.39, 0.29) is 0 Å². The number of nitrogens with zero attached hydrogens (tertiary/aromatic N) is 1. The van der Waals surface area contributed by atoms with Gasteiger partial charge >= 0.3 is 0 Å². The number of aldehydes is 1. The van der Waals surface area contributed by atoms with Crippen molar-refractivity contribution in [1.82, 2.24) is 0 Å². The van der Waals surface area contributed by atoms with Crippen LogP contribution in [0.25, 0.3) is 0 Å². The minimum Gasteiger partial charge on any atom is -0.323 e. The van der Waals surface area contributed by atoms with Gasteiger partial charge in [0.05, 0.1) is 5.71 Å². The van der Waals surface area contributed by atoms with Crippen molar-refractivity contribution in [3.8, 4) is 0 Å². The number of rotatable bonds is 1. The molecule has 13 heavy (non-hydrogen) atoms. The van der Waals surface area contributed by atoms with E-state index in [9.17, 15) is 4.79 Å². The number of carbonyl (C=O) groups excluding carboxylic acids is 1. The summed E-state index contributed by atoms with van der Waals surface area (Å²) in [4.78, 5) is 10.5. The molecule has 0 radical (unpaired) electrons. The van der Waals surface area contributed by atoms with Crippen molar-refractivity contribution in [1.29, 1.82) is 0 Å². The van der Waals surface area contributed by atoms with Gasteiger partial charge in [0.25, 0.3) is 0 Å². The molecule has 0 saturated heterocycles. The fourth-order valence-corrected chi connectivity index (χ4v) is 1.68. The summed E-state index contributed by atoms with van der Waals surface area (Å²) >= 11 is 0. The smallest absolute Gasteiger partial charge is 0.150 e. The summed E-state index contributed by atoms with van der Waals surface area (Å²) in [6, 6.07) is 5.64. The molecule has 0 spiro atoms. The quantitative estimate of drug-likeness (QED) is 0.394. The Morgan fingerprint density at radius 1 is 1.38 bits per heavy atom. The number of hydrogen-bond acceptors (Lipinski definition) is 3. The molecule has 3 heteroatoms. The van der Waals surface area contributed by atoms with Crippen molar-refractivity contribution in [3.05, 3.63) is 34.9 Å². The highest BCUT2D eigenvalue weighted by atomic mass is 16.1. The molecule has 1 aliphatic rings. The Bertz CT molecular complexity index is 383. The zero-order valence-electron chi connectivity index (χ0n) is 7.16. The van der Waals surface area contributed by atoms with Crippen molar-refractivity contribution in [2.75, 3.05) is 0 Å². The predicted molar refractivity (Wildman–Crippen MR) is 50.9 cm³/mol. The second kappa shape index (κ2) is 3.01. The lowest BCUT2D eigenvalue weighted by molar-refractivity contribution is 0.112. The zero-order valence-corrected chi connectivity index (χ0v) is 7.16. The lowest BCUT2D eigenvalue weighted by Gasteiger charge is -1.99. The molecule has 66 valence electrons. The van der Waals surface area contributed by atoms with Crippen LogP contribution in [-0.4, -0.2) is 12.0 Å². The van der Waals surface area contributed by atoms with Crippen LogP contribution in [0.15, 0.2) is 23.3 Å². The number of fused-ring (bicyclic) bond motifs is 1. The number of hydrazone groups is 1. The minimum absolute atomic E-state index is 0.682. The summed E-state index contributed by atoms with van der Waals surface area (Å²) in [7, 11) is 0. The summed E-state index contributed by atoms with van der Waals surface area (Å²) in [6.45, 7) is 0. The van der Waals surface area contributed by atoms with E-state index in [1.54, 1.807) is 0 Å². The molecule has 0 atom stereocenters. The minimum atomic E-state index is 0.682. The molecule has 0 heterocycles. The second-order valence-corrected chi connectivity index (χ2v) is 3.11. The Morgan fingerprint density at radius 3 is 2.92 bits per heavy atom. The van der Waals surface area contributed by atoms with Gasteiger partial charge in [0.1, 0.15) is 6.29 Å². The molecule has 1 aromatic rings. The van der Waals surface area contributed by atoms with Crippen LogP contribution in [0.4, 0.5) is 0 Å². The molecule has 1 aliphatic carbocycles. The monoisotopic (exact) mass is 174 g/mol. The topological polar surface area (TPSA) is 55.4 Å². The number of nitrogens with two attached hydrogens (primary N) is 1. The fraction of sp³-hybridized carbons (Fsp3) is 0.200. The van der Waals surface area contributed by atoms with Gasteiger partial charge in [0, 0.05) is 11.1 Å². The van der Waals surface area contributed by atoms with Gasteiger partial charge in [0.2, 0.25) is 0 Å². The van der Waals surface area contributed by atoms with Gasteiger partial charge in [-0.15, -0.1) is 0 Å². The van der Waals surface area contributed by atoms with Crippen molar-refractivity contribution >= 4 is 12.0 Å². The van der Waals surface area contributed by atoms with Crippen LogP contribution in [0.5, 0.6) is 0 Å². The van der Waals surface area contributed by atoms with Crippen LogP contribution in [0.2, 0.25) is 0 Å². The normalized spacial score (nSPS) is 17.4. The Labute approximate surface area is 76.3 Å². The summed E-state index contributed by atoms with van der Waals surface area (Å²) in [5, 5.41) is 3.70. The number of carbonyl (C=O) groups is 1. The molecule has 0 aliphatic heterocycles. The van der Waals surface area contributed by atoms with E-state index in [4.69, 9.17) is 5.84 Å². The fourth-order valence-electron chi connectivity index (χ4n) is 1.68. The number of benzene rings is 1.